The van der Waals surface area contributed by atoms with E-state index in [1.807, 2.05) is 6.92 Å². The predicted molar refractivity (Wildman–Crippen MR) is 350 cm³/mol. The fraction of sp³-hybridized carbons (Fsp3) is 0.0127. The molecule has 0 fully saturated rings. The van der Waals surface area contributed by atoms with Crippen molar-refractivity contribution in [1.82, 2.24) is 0 Å². The molecule has 84 heavy (non-hydrogen) atoms. The molecule has 0 aliphatic rings. The van der Waals surface area contributed by atoms with Gasteiger partial charge in [0.05, 0.1) is 4.90 Å². The van der Waals surface area contributed by atoms with E-state index in [-0.39, 0.29) is 4.90 Å². The molecular weight excluding hydrogens is 1060 g/mol. The second kappa shape index (κ2) is 25.1. The molecular formula is C79H58O3S2. The van der Waals surface area contributed by atoms with Crippen LogP contribution in [0.4, 0.5) is 0 Å². The Kier molecular flexibility index (Phi) is 16.3. The molecule has 0 amide bonds. The second-order valence-corrected chi connectivity index (χ2v) is 23.8. The summed E-state index contributed by atoms with van der Waals surface area (Å²) in [6.07, 6.45) is 0. The van der Waals surface area contributed by atoms with Crippen molar-refractivity contribution in [3.05, 3.63) is 339 Å². The average molecular weight is 1120 g/mol. The maximum atomic E-state index is 10.4. The first-order valence-electron chi connectivity index (χ1n) is 28.0. The van der Waals surface area contributed by atoms with Gasteiger partial charge in [0, 0.05) is 33.4 Å². The lowest BCUT2D eigenvalue weighted by atomic mass is 9.92. The number of hydrogen-bond donors (Lipinski definition) is 0. The third kappa shape index (κ3) is 12.0. The number of benzene rings is 13. The van der Waals surface area contributed by atoms with Gasteiger partial charge in [-0.15, -0.1) is 0 Å². The van der Waals surface area contributed by atoms with Crippen LogP contribution < -0.4 is 0 Å². The highest BCUT2D eigenvalue weighted by atomic mass is 32.2. The summed E-state index contributed by atoms with van der Waals surface area (Å²) in [5.74, 6) is 0. The zero-order chi connectivity index (χ0) is 57.2. The van der Waals surface area contributed by atoms with Crippen LogP contribution in [0.15, 0.2) is 353 Å². The third-order valence-corrected chi connectivity index (χ3v) is 18.4. The molecule has 0 radical (unpaired) electrons. The maximum Gasteiger partial charge on any atom is 0.182 e. The van der Waals surface area contributed by atoms with Crippen molar-refractivity contribution in [2.45, 2.75) is 26.5 Å². The molecule has 0 N–H and O–H groups in total. The Hall–Kier alpha value is -9.88. The summed E-state index contributed by atoms with van der Waals surface area (Å²) in [6.45, 7) is 1.82. The van der Waals surface area contributed by atoms with Gasteiger partial charge >= 0.3 is 0 Å². The van der Waals surface area contributed by atoms with E-state index in [0.29, 0.717) is 0 Å². The second-order valence-electron chi connectivity index (χ2n) is 20.6. The van der Waals surface area contributed by atoms with E-state index in [0.717, 1.165) is 38.9 Å². The molecule has 0 bridgehead atoms. The van der Waals surface area contributed by atoms with Crippen LogP contribution in [0.2, 0.25) is 0 Å². The summed E-state index contributed by atoms with van der Waals surface area (Å²) < 4.78 is 31.2. The fourth-order valence-electron chi connectivity index (χ4n) is 10.9. The Morgan fingerprint density at radius 2 is 0.417 bits per heavy atom. The van der Waals surface area contributed by atoms with Crippen LogP contribution in [0.3, 0.4) is 0 Å². The van der Waals surface area contributed by atoms with Crippen molar-refractivity contribution in [3.8, 4) is 100 Å². The molecule has 13 aromatic rings. The van der Waals surface area contributed by atoms with Gasteiger partial charge in [0.2, 0.25) is 0 Å². The van der Waals surface area contributed by atoms with Crippen LogP contribution in [0.1, 0.15) is 5.56 Å². The van der Waals surface area contributed by atoms with Gasteiger partial charge < -0.3 is 4.55 Å². The number of hydrogen-bond acceptors (Lipinski definition) is 3. The normalized spacial score (nSPS) is 11.2. The molecule has 13 aromatic carbocycles. The zero-order valence-electron chi connectivity index (χ0n) is 46.3. The van der Waals surface area contributed by atoms with E-state index in [2.05, 4.69) is 309 Å². The summed E-state index contributed by atoms with van der Waals surface area (Å²) in [7, 11) is -5.15. The van der Waals surface area contributed by atoms with Crippen LogP contribution in [0.25, 0.3) is 100 Å². The first kappa shape index (κ1) is 54.7. The van der Waals surface area contributed by atoms with Gasteiger partial charge in [0.25, 0.3) is 0 Å². The molecule has 5 heteroatoms. The smallest absolute Gasteiger partial charge is 0.182 e. The van der Waals surface area contributed by atoms with Crippen molar-refractivity contribution in [2.24, 2.45) is 0 Å². The monoisotopic (exact) mass is 1120 g/mol. The van der Waals surface area contributed by atoms with Crippen molar-refractivity contribution in [1.29, 1.82) is 0 Å². The van der Waals surface area contributed by atoms with Gasteiger partial charge in [0.1, 0.15) is 21.0 Å². The van der Waals surface area contributed by atoms with E-state index in [1.54, 1.807) is 12.1 Å². The highest BCUT2D eigenvalue weighted by Crippen LogP contribution is 2.55. The lowest BCUT2D eigenvalue weighted by molar-refractivity contribution is 0.463. The van der Waals surface area contributed by atoms with E-state index in [1.165, 1.54) is 93.6 Å². The lowest BCUT2D eigenvalue weighted by Crippen LogP contribution is -2.15. The zero-order valence-corrected chi connectivity index (χ0v) is 47.9. The molecule has 0 atom stereocenters. The largest absolute Gasteiger partial charge is 0.744 e. The van der Waals surface area contributed by atoms with Gasteiger partial charge in [-0.2, -0.15) is 0 Å². The molecule has 13 rings (SSSR count). The average Bonchev–Trinajstić information content (AvgIpc) is 1.58. The standard InChI is InChI=1S/C72H51S.C7H8O3S/c1-10-28-52(29-11-1)61-46-64(55-34-16-4-17-35-55)70(65(47-61)56-36-18-5-19-37-56)73(71-66(57-38-20-6-21-39-57)48-62(53-30-12-2-13-31-53)49-67(71)58-40-22-7-23-41-58)72-68(59-42-24-8-25-43-59)50-63(54-32-14-3-15-33-54)51-69(72)60-44-26-9-27-45-60;1-6-2-4-7(5-3-6)11(8,9)10/h1-51H;2-5H,1H3,(H,8,9,10)/q+1;/p-1. The van der Waals surface area contributed by atoms with Gasteiger partial charge in [-0.3, -0.25) is 0 Å². The molecule has 0 spiro atoms. The van der Waals surface area contributed by atoms with E-state index in [9.17, 15) is 13.0 Å². The molecule has 0 aliphatic heterocycles. The van der Waals surface area contributed by atoms with Crippen molar-refractivity contribution in [2.75, 3.05) is 0 Å². The van der Waals surface area contributed by atoms with Crippen LogP contribution >= 0.6 is 0 Å². The van der Waals surface area contributed by atoms with Crippen LogP contribution in [0, 0.1) is 6.92 Å². The molecule has 0 saturated heterocycles. The van der Waals surface area contributed by atoms with E-state index < -0.39 is 21.0 Å². The summed E-state index contributed by atoms with van der Waals surface area (Å²) >= 11 is 0. The molecule has 3 nitrogen and oxygen atoms in total. The molecule has 0 heterocycles. The Balaban J connectivity index is 0.000000569. The lowest BCUT2D eigenvalue weighted by Gasteiger charge is -2.26. The highest BCUT2D eigenvalue weighted by Gasteiger charge is 2.44. The minimum atomic E-state index is -4.27. The minimum Gasteiger partial charge on any atom is -0.744 e. The van der Waals surface area contributed by atoms with E-state index >= 15 is 0 Å². The third-order valence-electron chi connectivity index (χ3n) is 15.0. The van der Waals surface area contributed by atoms with Gasteiger partial charge in [0.15, 0.2) is 14.7 Å². The fourth-order valence-corrected chi connectivity index (χ4v) is 14.4. The van der Waals surface area contributed by atoms with Crippen molar-refractivity contribution >= 4 is 21.0 Å². The SMILES string of the molecule is Cc1ccc(S(=O)(=O)[O-])cc1.c1ccc(-c2cc(-c3ccccc3)c([S+](c3c(-c4ccccc4)cc(-c4ccccc4)cc3-c3ccccc3)c3c(-c4ccccc4)cc(-c4ccccc4)cc3-c3ccccc3)c(-c3ccccc3)c2)cc1. The maximum absolute atomic E-state index is 10.4. The van der Waals surface area contributed by atoms with E-state index in [4.69, 9.17) is 0 Å². The number of rotatable bonds is 13. The van der Waals surface area contributed by atoms with Gasteiger partial charge in [-0.25, -0.2) is 8.42 Å². The molecule has 0 unspecified atom stereocenters. The topological polar surface area (TPSA) is 57.2 Å². The number of aryl methyl sites for hydroxylation is 1. The van der Waals surface area contributed by atoms with Gasteiger partial charge in [-0.05, 0) is 122 Å². The molecule has 0 aliphatic carbocycles. The Morgan fingerprint density at radius 3 is 0.595 bits per heavy atom. The summed E-state index contributed by atoms with van der Waals surface area (Å²) in [5, 5.41) is 0. The first-order chi connectivity index (χ1) is 41.2. The quantitative estimate of drug-likeness (QED) is 0.0854. The first-order valence-corrected chi connectivity index (χ1v) is 30.7. The van der Waals surface area contributed by atoms with Crippen molar-refractivity contribution in [3.63, 3.8) is 0 Å². The van der Waals surface area contributed by atoms with Crippen LogP contribution in [-0.4, -0.2) is 13.0 Å². The summed E-state index contributed by atoms with van der Waals surface area (Å²) in [5.41, 5.74) is 22.1. The van der Waals surface area contributed by atoms with Crippen molar-refractivity contribution < 1.29 is 13.0 Å². The molecule has 404 valence electrons. The summed E-state index contributed by atoms with van der Waals surface area (Å²) in [4.78, 5) is 3.62. The van der Waals surface area contributed by atoms with Crippen LogP contribution in [0.5, 0.6) is 0 Å². The Morgan fingerprint density at radius 1 is 0.238 bits per heavy atom. The molecule has 0 aromatic heterocycles. The predicted octanol–water partition coefficient (Wildman–Crippen LogP) is 20.7. The summed E-state index contributed by atoms with van der Waals surface area (Å²) in [6, 6.07) is 120. The Labute approximate surface area is 496 Å². The van der Waals surface area contributed by atoms with Crippen LogP contribution in [-0.2, 0) is 21.0 Å². The highest BCUT2D eigenvalue weighted by molar-refractivity contribution is 7.97. The minimum absolute atomic E-state index is 0.178. The van der Waals surface area contributed by atoms with Gasteiger partial charge in [-0.1, -0.05) is 291 Å². The Bertz CT molecular complexity index is 3850. The molecule has 0 saturated carbocycles.